The fraction of sp³-hybridized carbons (Fsp3) is 0.500. The van der Waals surface area contributed by atoms with Gasteiger partial charge in [0.1, 0.15) is 11.5 Å². The molecular weight excluding hydrogens is 416 g/mol. The van der Waals surface area contributed by atoms with Gasteiger partial charge in [-0.2, -0.15) is 9.78 Å². The second kappa shape index (κ2) is 12.7. The summed E-state index contributed by atoms with van der Waals surface area (Å²) >= 11 is 0. The molecule has 0 heterocycles. The van der Waals surface area contributed by atoms with Crippen molar-refractivity contribution in [1.82, 2.24) is 0 Å². The van der Waals surface area contributed by atoms with E-state index in [-0.39, 0.29) is 37.2 Å². The van der Waals surface area contributed by atoms with Gasteiger partial charge in [0, 0.05) is 25.7 Å². The number of phenols is 2. The Morgan fingerprint density at radius 1 is 0.656 bits per heavy atom. The van der Waals surface area contributed by atoms with E-state index in [0.717, 1.165) is 11.1 Å². The number of aromatic hydroxyl groups is 2. The third kappa shape index (κ3) is 7.16. The van der Waals surface area contributed by atoms with E-state index in [2.05, 4.69) is 9.78 Å². The third-order valence-corrected chi connectivity index (χ3v) is 5.75. The van der Waals surface area contributed by atoms with Crippen LogP contribution in [0.1, 0.15) is 63.5 Å². The highest BCUT2D eigenvalue weighted by molar-refractivity contribution is 5.32. The van der Waals surface area contributed by atoms with E-state index in [1.165, 1.54) is 0 Å². The van der Waals surface area contributed by atoms with Crippen LogP contribution in [0, 0.1) is 0 Å². The summed E-state index contributed by atoms with van der Waals surface area (Å²) in [6, 6.07) is 14.1. The molecule has 0 saturated carbocycles. The van der Waals surface area contributed by atoms with E-state index < -0.39 is 11.6 Å². The van der Waals surface area contributed by atoms with E-state index in [0.29, 0.717) is 25.7 Å². The van der Waals surface area contributed by atoms with Crippen LogP contribution in [-0.2, 0) is 32.4 Å². The second-order valence-corrected chi connectivity index (χ2v) is 7.84. The van der Waals surface area contributed by atoms with Gasteiger partial charge in [-0.1, -0.05) is 50.2 Å². The molecule has 32 heavy (non-hydrogen) atoms. The van der Waals surface area contributed by atoms with Crippen LogP contribution in [0.2, 0.25) is 0 Å². The molecule has 4 N–H and O–H groups in total. The molecule has 0 bridgehead atoms. The summed E-state index contributed by atoms with van der Waals surface area (Å²) in [5, 5.41) is 38.9. The number of hydrogen-bond acceptors (Lipinski definition) is 8. The Labute approximate surface area is 188 Å². The number of benzene rings is 2. The fourth-order valence-electron chi connectivity index (χ4n) is 3.50. The monoisotopic (exact) mass is 450 g/mol. The Morgan fingerprint density at radius 3 is 1.34 bits per heavy atom. The van der Waals surface area contributed by atoms with Gasteiger partial charge in [-0.25, -0.2) is 20.3 Å². The van der Waals surface area contributed by atoms with Crippen molar-refractivity contribution in [3.8, 4) is 11.5 Å². The van der Waals surface area contributed by atoms with E-state index in [1.54, 1.807) is 38.1 Å². The second-order valence-electron chi connectivity index (χ2n) is 7.84. The summed E-state index contributed by atoms with van der Waals surface area (Å²) in [5.74, 6) is -2.50. The number of para-hydroxylation sites is 2. The minimum absolute atomic E-state index is 0.208. The van der Waals surface area contributed by atoms with Crippen LogP contribution in [0.25, 0.3) is 0 Å². The SMILES string of the molecule is CCC(CCCc1ccccc1O)(OO)OOC(CC)(CCCc1ccccc1O)OO. The van der Waals surface area contributed by atoms with Gasteiger partial charge in [0.25, 0.3) is 0 Å². The molecule has 8 nitrogen and oxygen atoms in total. The van der Waals surface area contributed by atoms with Gasteiger partial charge in [-0.15, -0.1) is 0 Å². The molecule has 0 fully saturated rings. The molecule has 0 aliphatic heterocycles. The highest BCUT2D eigenvalue weighted by Crippen LogP contribution is 2.32. The molecule has 2 rings (SSSR count). The van der Waals surface area contributed by atoms with E-state index in [4.69, 9.17) is 9.78 Å². The van der Waals surface area contributed by atoms with Crippen LogP contribution in [0.5, 0.6) is 11.5 Å². The maximum atomic E-state index is 9.91. The zero-order valence-electron chi connectivity index (χ0n) is 18.7. The van der Waals surface area contributed by atoms with E-state index in [9.17, 15) is 20.7 Å². The molecule has 2 atom stereocenters. The Hall–Kier alpha value is -2.20. The predicted molar refractivity (Wildman–Crippen MR) is 118 cm³/mol. The Morgan fingerprint density at radius 2 is 1.03 bits per heavy atom. The number of rotatable bonds is 15. The molecule has 2 aromatic rings. The first-order chi connectivity index (χ1) is 15.4. The summed E-state index contributed by atoms with van der Waals surface area (Å²) in [6.07, 6.45) is 3.29. The summed E-state index contributed by atoms with van der Waals surface area (Å²) in [5.41, 5.74) is 1.56. The molecule has 0 aliphatic rings. The first-order valence-electron chi connectivity index (χ1n) is 11.0. The van der Waals surface area contributed by atoms with Crippen LogP contribution in [0.3, 0.4) is 0 Å². The molecule has 0 amide bonds. The lowest BCUT2D eigenvalue weighted by Crippen LogP contribution is -2.42. The van der Waals surface area contributed by atoms with Crippen LogP contribution < -0.4 is 0 Å². The average Bonchev–Trinajstić information content (AvgIpc) is 2.82. The predicted octanol–water partition coefficient (Wildman–Crippen LogP) is 5.58. The van der Waals surface area contributed by atoms with Crippen molar-refractivity contribution < 1.29 is 40.3 Å². The van der Waals surface area contributed by atoms with Crippen molar-refractivity contribution in [1.29, 1.82) is 0 Å². The Bertz CT molecular complexity index is 735. The van der Waals surface area contributed by atoms with Gasteiger partial charge in [-0.05, 0) is 48.9 Å². The highest BCUT2D eigenvalue weighted by Gasteiger charge is 2.39. The topological polar surface area (TPSA) is 118 Å². The average molecular weight is 451 g/mol. The minimum Gasteiger partial charge on any atom is -0.508 e. The van der Waals surface area contributed by atoms with Gasteiger partial charge in [0.2, 0.25) is 11.6 Å². The molecule has 0 radical (unpaired) electrons. The zero-order chi connectivity index (χ0) is 23.5. The van der Waals surface area contributed by atoms with Crippen molar-refractivity contribution in [3.63, 3.8) is 0 Å². The first kappa shape index (κ1) is 26.1. The number of aryl methyl sites for hydroxylation is 2. The van der Waals surface area contributed by atoms with Crippen molar-refractivity contribution in [2.24, 2.45) is 0 Å². The van der Waals surface area contributed by atoms with Gasteiger partial charge in [0.15, 0.2) is 0 Å². The normalized spacial score (nSPS) is 15.2. The van der Waals surface area contributed by atoms with E-state index >= 15 is 0 Å². The largest absolute Gasteiger partial charge is 0.508 e. The maximum absolute atomic E-state index is 9.91. The highest BCUT2D eigenvalue weighted by atomic mass is 17.3. The van der Waals surface area contributed by atoms with Gasteiger partial charge in [0.05, 0.1) is 0 Å². The van der Waals surface area contributed by atoms with Crippen molar-refractivity contribution in [2.75, 3.05) is 0 Å². The molecular formula is C24H34O8. The summed E-state index contributed by atoms with van der Waals surface area (Å²) in [6.45, 7) is 3.54. The molecule has 178 valence electrons. The van der Waals surface area contributed by atoms with Gasteiger partial charge < -0.3 is 10.2 Å². The zero-order valence-corrected chi connectivity index (χ0v) is 18.7. The summed E-state index contributed by atoms with van der Waals surface area (Å²) in [7, 11) is 0. The smallest absolute Gasteiger partial charge is 0.233 e. The van der Waals surface area contributed by atoms with Crippen LogP contribution >= 0.6 is 0 Å². The molecule has 2 unspecified atom stereocenters. The van der Waals surface area contributed by atoms with Gasteiger partial charge in [-0.3, -0.25) is 0 Å². The molecule has 2 aromatic carbocycles. The first-order valence-corrected chi connectivity index (χ1v) is 11.0. The van der Waals surface area contributed by atoms with Crippen LogP contribution in [0.4, 0.5) is 0 Å². The minimum atomic E-state index is -1.46. The lowest BCUT2D eigenvalue weighted by atomic mass is 10.0. The Kier molecular flexibility index (Phi) is 10.4. The molecule has 0 aromatic heterocycles. The van der Waals surface area contributed by atoms with E-state index in [1.807, 2.05) is 24.3 Å². The molecule has 0 saturated heterocycles. The lowest BCUT2D eigenvalue weighted by molar-refractivity contribution is -0.574. The molecule has 8 heteroatoms. The Balaban J connectivity index is 1.94. The molecule has 0 spiro atoms. The standard InChI is InChI=1S/C24H34O8/c1-3-23(29-27,17-9-13-19-11-5-7-15-21(19)25)31-32-24(4-2,30-28)18-10-14-20-12-6-8-16-22(20)26/h5-8,11-12,15-16,25-28H,3-4,9-10,13-14,17-18H2,1-2H3. The van der Waals surface area contributed by atoms with Crippen molar-refractivity contribution >= 4 is 0 Å². The van der Waals surface area contributed by atoms with Gasteiger partial charge >= 0.3 is 0 Å². The maximum Gasteiger partial charge on any atom is 0.233 e. The van der Waals surface area contributed by atoms with Crippen LogP contribution in [0.15, 0.2) is 48.5 Å². The number of phenolic OH excluding ortho intramolecular Hbond substituents is 2. The van der Waals surface area contributed by atoms with Crippen molar-refractivity contribution in [3.05, 3.63) is 59.7 Å². The fourth-order valence-corrected chi connectivity index (χ4v) is 3.50. The molecule has 0 aliphatic carbocycles. The quantitative estimate of drug-likeness (QED) is 0.158. The third-order valence-electron chi connectivity index (χ3n) is 5.75. The summed E-state index contributed by atoms with van der Waals surface area (Å²) < 4.78 is 0. The lowest BCUT2D eigenvalue weighted by Gasteiger charge is -2.34. The van der Waals surface area contributed by atoms with Crippen LogP contribution in [-0.4, -0.2) is 32.3 Å². The van der Waals surface area contributed by atoms with Crippen molar-refractivity contribution in [2.45, 2.75) is 76.8 Å². The summed E-state index contributed by atoms with van der Waals surface area (Å²) in [4.78, 5) is 20.3. The number of hydrogen-bond donors (Lipinski definition) is 4.